The van der Waals surface area contributed by atoms with E-state index in [4.69, 9.17) is 4.74 Å². The van der Waals surface area contributed by atoms with Crippen LogP contribution in [0.15, 0.2) is 18.2 Å². The molecule has 2 rings (SSSR count). The number of rotatable bonds is 1. The van der Waals surface area contributed by atoms with Crippen molar-refractivity contribution in [2.24, 2.45) is 0 Å². The molecule has 0 aliphatic carbocycles. The molecule has 2 nitrogen and oxygen atoms in total. The monoisotopic (exact) mass is 205 g/mol. The first-order valence-corrected chi connectivity index (χ1v) is 5.57. The summed E-state index contributed by atoms with van der Waals surface area (Å²) in [7, 11) is 0. The second kappa shape index (κ2) is 4.33. The van der Waals surface area contributed by atoms with Gasteiger partial charge in [-0.25, -0.2) is 0 Å². The summed E-state index contributed by atoms with van der Waals surface area (Å²) >= 11 is 0. The Morgan fingerprint density at radius 2 is 1.80 bits per heavy atom. The zero-order valence-electron chi connectivity index (χ0n) is 9.71. The summed E-state index contributed by atoms with van der Waals surface area (Å²) in [6.07, 6.45) is 0. The Bertz CT molecular complexity index is 328. The lowest BCUT2D eigenvalue weighted by Gasteiger charge is -2.29. The Hall–Kier alpha value is -0.860. The van der Waals surface area contributed by atoms with Crippen LogP contribution in [0.25, 0.3) is 0 Å². The van der Waals surface area contributed by atoms with E-state index in [0.717, 1.165) is 13.2 Å². The second-order valence-electron chi connectivity index (χ2n) is 4.58. The molecule has 2 atom stereocenters. The number of aryl methyl sites for hydroxylation is 2. The molecule has 0 aromatic heterocycles. The Morgan fingerprint density at radius 3 is 2.40 bits per heavy atom. The first kappa shape index (κ1) is 10.7. The average molecular weight is 205 g/mol. The molecular weight excluding hydrogens is 186 g/mol. The van der Waals surface area contributed by atoms with Crippen molar-refractivity contribution in [1.82, 2.24) is 5.32 Å². The topological polar surface area (TPSA) is 21.3 Å². The van der Waals surface area contributed by atoms with Gasteiger partial charge in [0.05, 0.1) is 19.3 Å². The maximum Gasteiger partial charge on any atom is 0.0662 e. The molecule has 2 heteroatoms. The number of nitrogens with one attached hydrogen (secondary N) is 1. The van der Waals surface area contributed by atoms with Crippen molar-refractivity contribution >= 4 is 0 Å². The Labute approximate surface area is 91.6 Å². The van der Waals surface area contributed by atoms with E-state index < -0.39 is 0 Å². The van der Waals surface area contributed by atoms with Crippen molar-refractivity contribution < 1.29 is 4.74 Å². The van der Waals surface area contributed by atoms with Gasteiger partial charge >= 0.3 is 0 Å². The second-order valence-corrected chi connectivity index (χ2v) is 4.58. The highest BCUT2D eigenvalue weighted by molar-refractivity contribution is 5.31. The number of hydrogen-bond acceptors (Lipinski definition) is 2. The van der Waals surface area contributed by atoms with E-state index in [0.29, 0.717) is 12.1 Å². The van der Waals surface area contributed by atoms with E-state index in [-0.39, 0.29) is 0 Å². The zero-order valence-corrected chi connectivity index (χ0v) is 9.71. The summed E-state index contributed by atoms with van der Waals surface area (Å²) in [5.41, 5.74) is 3.99. The van der Waals surface area contributed by atoms with Crippen molar-refractivity contribution in [3.05, 3.63) is 34.9 Å². The van der Waals surface area contributed by atoms with E-state index in [1.165, 1.54) is 16.7 Å². The van der Waals surface area contributed by atoms with Gasteiger partial charge in [0.2, 0.25) is 0 Å². The third kappa shape index (κ3) is 2.58. The Kier molecular flexibility index (Phi) is 3.08. The van der Waals surface area contributed by atoms with E-state index >= 15 is 0 Å². The van der Waals surface area contributed by atoms with Crippen LogP contribution in [-0.4, -0.2) is 19.3 Å². The van der Waals surface area contributed by atoms with E-state index in [1.807, 2.05) is 0 Å². The molecule has 1 saturated heterocycles. The fourth-order valence-corrected chi connectivity index (χ4v) is 2.21. The van der Waals surface area contributed by atoms with Crippen LogP contribution in [0, 0.1) is 13.8 Å². The minimum Gasteiger partial charge on any atom is -0.378 e. The van der Waals surface area contributed by atoms with Crippen molar-refractivity contribution in [2.75, 3.05) is 13.2 Å². The standard InChI is InChI=1S/C13H19NO/c1-9-4-10(2)6-12(5-9)13-8-15-7-11(3)14-13/h4-6,11,13-14H,7-8H2,1-3H3. The zero-order chi connectivity index (χ0) is 10.8. The van der Waals surface area contributed by atoms with Gasteiger partial charge in [-0.05, 0) is 26.3 Å². The SMILES string of the molecule is Cc1cc(C)cc(C2COCC(C)N2)c1. The third-order valence-corrected chi connectivity index (χ3v) is 2.78. The van der Waals surface area contributed by atoms with Gasteiger partial charge in [0.15, 0.2) is 0 Å². The summed E-state index contributed by atoms with van der Waals surface area (Å²) in [6, 6.07) is 7.49. The van der Waals surface area contributed by atoms with Crippen LogP contribution in [-0.2, 0) is 4.74 Å². The van der Waals surface area contributed by atoms with E-state index in [1.54, 1.807) is 0 Å². The lowest BCUT2D eigenvalue weighted by molar-refractivity contribution is 0.0503. The molecule has 1 fully saturated rings. The van der Waals surface area contributed by atoms with Crippen molar-refractivity contribution in [3.63, 3.8) is 0 Å². The van der Waals surface area contributed by atoms with E-state index in [9.17, 15) is 0 Å². The molecule has 0 amide bonds. The number of ether oxygens (including phenoxy) is 1. The molecule has 82 valence electrons. The molecule has 0 bridgehead atoms. The minimum absolute atomic E-state index is 0.354. The Balaban J connectivity index is 2.20. The highest BCUT2D eigenvalue weighted by Gasteiger charge is 2.19. The molecular formula is C13H19NO. The lowest BCUT2D eigenvalue weighted by atomic mass is 10.0. The van der Waals surface area contributed by atoms with Crippen molar-refractivity contribution in [1.29, 1.82) is 0 Å². The highest BCUT2D eigenvalue weighted by atomic mass is 16.5. The van der Waals surface area contributed by atoms with Gasteiger partial charge in [0.1, 0.15) is 0 Å². The molecule has 0 spiro atoms. The molecule has 0 radical (unpaired) electrons. The van der Waals surface area contributed by atoms with Gasteiger partial charge in [0.25, 0.3) is 0 Å². The summed E-state index contributed by atoms with van der Waals surface area (Å²) in [5, 5.41) is 3.56. The van der Waals surface area contributed by atoms with Crippen LogP contribution in [0.3, 0.4) is 0 Å². The summed E-state index contributed by atoms with van der Waals surface area (Å²) in [4.78, 5) is 0. The molecule has 1 aromatic rings. The molecule has 1 heterocycles. The summed E-state index contributed by atoms with van der Waals surface area (Å²) in [6.45, 7) is 8.05. The Morgan fingerprint density at radius 1 is 1.13 bits per heavy atom. The van der Waals surface area contributed by atoms with E-state index in [2.05, 4.69) is 44.3 Å². The van der Waals surface area contributed by atoms with Gasteiger partial charge < -0.3 is 10.1 Å². The first-order valence-electron chi connectivity index (χ1n) is 5.57. The number of hydrogen-bond donors (Lipinski definition) is 1. The molecule has 1 aromatic carbocycles. The van der Waals surface area contributed by atoms with Crippen molar-refractivity contribution in [3.8, 4) is 0 Å². The molecule has 15 heavy (non-hydrogen) atoms. The average Bonchev–Trinajstić information content (AvgIpc) is 2.16. The van der Waals surface area contributed by atoms with Crippen LogP contribution in [0.2, 0.25) is 0 Å². The maximum atomic E-state index is 5.57. The van der Waals surface area contributed by atoms with Gasteiger partial charge in [-0.1, -0.05) is 29.3 Å². The van der Waals surface area contributed by atoms with Crippen molar-refractivity contribution in [2.45, 2.75) is 32.9 Å². The predicted octanol–water partition coefficient (Wildman–Crippen LogP) is 2.35. The van der Waals surface area contributed by atoms with Gasteiger partial charge in [-0.15, -0.1) is 0 Å². The molecule has 2 unspecified atom stereocenters. The summed E-state index contributed by atoms with van der Waals surface area (Å²) < 4.78 is 5.57. The predicted molar refractivity (Wildman–Crippen MR) is 62.1 cm³/mol. The smallest absolute Gasteiger partial charge is 0.0662 e. The van der Waals surface area contributed by atoms with Gasteiger partial charge in [-0.2, -0.15) is 0 Å². The first-order chi connectivity index (χ1) is 7.15. The third-order valence-electron chi connectivity index (χ3n) is 2.78. The molecule has 1 N–H and O–H groups in total. The fourth-order valence-electron chi connectivity index (χ4n) is 2.21. The van der Waals surface area contributed by atoms with Gasteiger partial charge in [-0.3, -0.25) is 0 Å². The number of benzene rings is 1. The van der Waals surface area contributed by atoms with Crippen LogP contribution < -0.4 is 5.32 Å². The molecule has 1 aliphatic heterocycles. The van der Waals surface area contributed by atoms with Crippen LogP contribution in [0.5, 0.6) is 0 Å². The quantitative estimate of drug-likeness (QED) is 0.760. The molecule has 1 aliphatic rings. The summed E-state index contributed by atoms with van der Waals surface area (Å²) in [5.74, 6) is 0. The highest BCUT2D eigenvalue weighted by Crippen LogP contribution is 2.20. The molecule has 0 saturated carbocycles. The largest absolute Gasteiger partial charge is 0.378 e. The van der Waals surface area contributed by atoms with Gasteiger partial charge in [0, 0.05) is 6.04 Å². The normalized spacial score (nSPS) is 26.6. The lowest BCUT2D eigenvalue weighted by Crippen LogP contribution is -2.41. The van der Waals surface area contributed by atoms with Crippen LogP contribution in [0.1, 0.15) is 29.7 Å². The van der Waals surface area contributed by atoms with Crippen LogP contribution >= 0.6 is 0 Å². The number of morpholine rings is 1. The van der Waals surface area contributed by atoms with Crippen LogP contribution in [0.4, 0.5) is 0 Å². The fraction of sp³-hybridized carbons (Fsp3) is 0.538. The minimum atomic E-state index is 0.354. The maximum absolute atomic E-state index is 5.57.